The van der Waals surface area contributed by atoms with E-state index in [0.717, 1.165) is 43.5 Å². The lowest BCUT2D eigenvalue weighted by Gasteiger charge is -2.50. The minimum atomic E-state index is -0.237. The van der Waals surface area contributed by atoms with Crippen molar-refractivity contribution in [2.75, 3.05) is 18.6 Å². The molecule has 2 aliphatic rings. The van der Waals surface area contributed by atoms with Gasteiger partial charge in [-0.05, 0) is 44.7 Å². The summed E-state index contributed by atoms with van der Waals surface area (Å²) >= 11 is 0. The van der Waals surface area contributed by atoms with Crippen LogP contribution in [0.4, 0.5) is 5.69 Å². The second-order valence-corrected chi connectivity index (χ2v) is 5.72. The van der Waals surface area contributed by atoms with E-state index in [-0.39, 0.29) is 11.6 Å². The third kappa shape index (κ3) is 2.08. The molecule has 1 amide bonds. The average Bonchev–Trinajstić information content (AvgIpc) is 2.48. The molecule has 1 aromatic rings. The van der Waals surface area contributed by atoms with Crippen molar-refractivity contribution in [3.63, 3.8) is 0 Å². The minimum absolute atomic E-state index is 0.0496. The van der Waals surface area contributed by atoms with Gasteiger partial charge >= 0.3 is 0 Å². The third-order valence-electron chi connectivity index (χ3n) is 4.66. The van der Waals surface area contributed by atoms with E-state index in [9.17, 15) is 4.79 Å². The molecule has 0 unspecified atom stereocenters. The molecule has 0 saturated heterocycles. The number of fused-ring (bicyclic) bond motifs is 1. The van der Waals surface area contributed by atoms with Gasteiger partial charge in [-0.15, -0.1) is 0 Å². The topological polar surface area (TPSA) is 41.6 Å². The highest BCUT2D eigenvalue weighted by atomic mass is 16.5. The van der Waals surface area contributed by atoms with Crippen molar-refractivity contribution in [3.05, 3.63) is 29.8 Å². The van der Waals surface area contributed by atoms with Gasteiger partial charge in [-0.25, -0.2) is 0 Å². The van der Waals surface area contributed by atoms with Crippen molar-refractivity contribution in [2.45, 2.75) is 44.4 Å². The van der Waals surface area contributed by atoms with Crippen molar-refractivity contribution in [3.8, 4) is 0 Å². The number of nitrogens with zero attached hydrogens (tertiary/aromatic N) is 1. The second kappa shape index (κ2) is 5.09. The molecular weight excluding hydrogens is 252 g/mol. The largest absolute Gasteiger partial charge is 0.379 e. The summed E-state index contributed by atoms with van der Waals surface area (Å²) in [5.74, 6) is 0.0496. The van der Waals surface area contributed by atoms with E-state index in [1.165, 1.54) is 0 Å². The highest BCUT2D eigenvalue weighted by molar-refractivity contribution is 6.02. The van der Waals surface area contributed by atoms with Crippen LogP contribution in [-0.2, 0) is 4.74 Å². The predicted octanol–water partition coefficient (Wildman–Crippen LogP) is 2.54. The summed E-state index contributed by atoms with van der Waals surface area (Å²) in [5.41, 5.74) is 1.57. The fraction of sp³-hybridized carbons (Fsp3) is 0.562. The van der Waals surface area contributed by atoms with Gasteiger partial charge in [0.2, 0.25) is 0 Å². The second-order valence-electron chi connectivity index (χ2n) is 5.72. The van der Waals surface area contributed by atoms with Crippen LogP contribution in [-0.4, -0.2) is 31.3 Å². The van der Waals surface area contributed by atoms with E-state index >= 15 is 0 Å². The smallest absolute Gasteiger partial charge is 0.255 e. The van der Waals surface area contributed by atoms with Crippen LogP contribution in [0.3, 0.4) is 0 Å². The molecule has 0 atom stereocenters. The summed E-state index contributed by atoms with van der Waals surface area (Å²) in [6.45, 7) is 2.80. The zero-order valence-corrected chi connectivity index (χ0v) is 12.2. The Bertz CT molecular complexity index is 507. The van der Waals surface area contributed by atoms with Gasteiger partial charge in [-0.2, -0.15) is 0 Å². The van der Waals surface area contributed by atoms with Crippen LogP contribution in [0.25, 0.3) is 0 Å². The molecule has 1 heterocycles. The van der Waals surface area contributed by atoms with Crippen molar-refractivity contribution >= 4 is 11.6 Å². The Balaban J connectivity index is 1.85. The van der Waals surface area contributed by atoms with Crippen LogP contribution < -0.4 is 10.2 Å². The van der Waals surface area contributed by atoms with E-state index < -0.39 is 0 Å². The molecule has 4 nitrogen and oxygen atoms in total. The molecule has 1 spiro atoms. The normalized spacial score (nSPS) is 29.2. The van der Waals surface area contributed by atoms with Crippen molar-refractivity contribution in [2.24, 2.45) is 0 Å². The van der Waals surface area contributed by atoms with E-state index in [1.807, 2.05) is 31.2 Å². The highest BCUT2D eigenvalue weighted by Crippen LogP contribution is 2.39. The molecule has 0 bridgehead atoms. The van der Waals surface area contributed by atoms with Gasteiger partial charge in [0.05, 0.1) is 17.4 Å². The molecular formula is C16H22N2O2. The molecule has 1 aliphatic heterocycles. The lowest BCUT2D eigenvalue weighted by Crippen LogP contribution is -2.64. The van der Waals surface area contributed by atoms with Crippen LogP contribution >= 0.6 is 0 Å². The molecule has 1 aliphatic carbocycles. The number of para-hydroxylation sites is 1. The molecule has 4 heteroatoms. The first-order valence-electron chi connectivity index (χ1n) is 7.43. The van der Waals surface area contributed by atoms with Crippen molar-refractivity contribution in [1.82, 2.24) is 5.32 Å². The highest BCUT2D eigenvalue weighted by Gasteiger charge is 2.44. The number of benzene rings is 1. The molecule has 1 saturated carbocycles. The molecule has 0 radical (unpaired) electrons. The van der Waals surface area contributed by atoms with Crippen LogP contribution in [0.2, 0.25) is 0 Å². The number of rotatable bonds is 2. The number of hydrogen-bond acceptors (Lipinski definition) is 3. The number of anilines is 1. The molecule has 20 heavy (non-hydrogen) atoms. The average molecular weight is 274 g/mol. The first-order valence-corrected chi connectivity index (χ1v) is 7.43. The first-order chi connectivity index (χ1) is 9.66. The van der Waals surface area contributed by atoms with E-state index in [2.05, 4.69) is 17.3 Å². The quantitative estimate of drug-likeness (QED) is 0.901. The summed E-state index contributed by atoms with van der Waals surface area (Å²) < 4.78 is 5.72. The Morgan fingerprint density at radius 1 is 1.35 bits per heavy atom. The van der Waals surface area contributed by atoms with Crippen LogP contribution in [0.15, 0.2) is 24.3 Å². The maximum atomic E-state index is 12.3. The SMILES string of the molecule is CCOC1CCC2(CC1)NC(=O)c1ccccc1N2C. The fourth-order valence-electron chi connectivity index (χ4n) is 3.48. The zero-order chi connectivity index (χ0) is 14.2. The molecule has 0 aromatic heterocycles. The minimum Gasteiger partial charge on any atom is -0.379 e. The Labute approximate surface area is 120 Å². The maximum Gasteiger partial charge on any atom is 0.255 e. The predicted molar refractivity (Wildman–Crippen MR) is 78.9 cm³/mol. The summed E-state index contributed by atoms with van der Waals surface area (Å²) in [7, 11) is 2.08. The first kappa shape index (κ1) is 13.4. The summed E-state index contributed by atoms with van der Waals surface area (Å²) in [6, 6.07) is 7.83. The number of amides is 1. The lowest BCUT2D eigenvalue weighted by atomic mass is 9.83. The summed E-state index contributed by atoms with van der Waals surface area (Å²) in [5, 5.41) is 3.23. The third-order valence-corrected chi connectivity index (χ3v) is 4.66. The standard InChI is InChI=1S/C16H22N2O2/c1-3-20-12-8-10-16(11-9-12)17-15(19)13-6-4-5-7-14(13)18(16)2/h4-7,12H,3,8-11H2,1-2H3,(H,17,19). The van der Waals surface area contributed by atoms with E-state index in [4.69, 9.17) is 4.74 Å². The van der Waals surface area contributed by atoms with Crippen LogP contribution in [0, 0.1) is 0 Å². The Kier molecular flexibility index (Phi) is 3.42. The fourth-order valence-corrected chi connectivity index (χ4v) is 3.48. The van der Waals surface area contributed by atoms with Gasteiger partial charge in [-0.1, -0.05) is 12.1 Å². The number of nitrogens with one attached hydrogen (secondary N) is 1. The van der Waals surface area contributed by atoms with Gasteiger partial charge in [0, 0.05) is 13.7 Å². The molecule has 1 aromatic carbocycles. The van der Waals surface area contributed by atoms with Gasteiger partial charge in [-0.3, -0.25) is 4.79 Å². The number of carbonyl (C=O) groups is 1. The van der Waals surface area contributed by atoms with Gasteiger partial charge in [0.15, 0.2) is 0 Å². The summed E-state index contributed by atoms with van der Waals surface area (Å²) in [4.78, 5) is 14.6. The van der Waals surface area contributed by atoms with E-state index in [1.54, 1.807) is 0 Å². The zero-order valence-electron chi connectivity index (χ0n) is 12.2. The van der Waals surface area contributed by atoms with Gasteiger partial charge in [0.1, 0.15) is 5.66 Å². The Morgan fingerprint density at radius 3 is 2.75 bits per heavy atom. The monoisotopic (exact) mass is 274 g/mol. The van der Waals surface area contributed by atoms with Crippen molar-refractivity contribution < 1.29 is 9.53 Å². The molecule has 1 fully saturated rings. The summed E-state index contributed by atoms with van der Waals surface area (Å²) in [6.07, 6.45) is 4.22. The van der Waals surface area contributed by atoms with Crippen LogP contribution in [0.5, 0.6) is 0 Å². The van der Waals surface area contributed by atoms with E-state index in [0.29, 0.717) is 6.10 Å². The Morgan fingerprint density at radius 2 is 2.05 bits per heavy atom. The lowest BCUT2D eigenvalue weighted by molar-refractivity contribution is 0.0134. The molecule has 3 rings (SSSR count). The van der Waals surface area contributed by atoms with Gasteiger partial charge < -0.3 is 15.0 Å². The molecule has 1 N–H and O–H groups in total. The van der Waals surface area contributed by atoms with Crippen LogP contribution in [0.1, 0.15) is 43.0 Å². The maximum absolute atomic E-state index is 12.3. The Hall–Kier alpha value is -1.55. The number of hydrogen-bond donors (Lipinski definition) is 1. The number of carbonyl (C=O) groups excluding carboxylic acids is 1. The van der Waals surface area contributed by atoms with Crippen molar-refractivity contribution in [1.29, 1.82) is 0 Å². The van der Waals surface area contributed by atoms with Gasteiger partial charge in [0.25, 0.3) is 5.91 Å². The number of ether oxygens (including phenoxy) is 1. The molecule has 108 valence electrons.